The summed E-state index contributed by atoms with van der Waals surface area (Å²) in [6, 6.07) is 9.65. The van der Waals surface area contributed by atoms with Gasteiger partial charge in [0.15, 0.2) is 0 Å². The minimum absolute atomic E-state index is 0.0211. The molecule has 0 bridgehead atoms. The van der Waals surface area contributed by atoms with Crippen molar-refractivity contribution in [2.45, 2.75) is 32.1 Å². The first kappa shape index (κ1) is 15.8. The van der Waals surface area contributed by atoms with Crippen molar-refractivity contribution >= 4 is 23.1 Å². The number of hydrogen-bond donors (Lipinski definition) is 2. The predicted molar refractivity (Wildman–Crippen MR) is 87.3 cm³/mol. The first-order valence-corrected chi connectivity index (χ1v) is 7.82. The Morgan fingerprint density at radius 1 is 1.29 bits per heavy atom. The van der Waals surface area contributed by atoms with Gasteiger partial charge in [-0.2, -0.15) is 0 Å². The highest BCUT2D eigenvalue weighted by molar-refractivity contribution is 7.80. The number of nitrogens with one attached hydrogen (secondary N) is 1. The lowest BCUT2D eigenvalue weighted by Crippen LogP contribution is -2.47. The lowest BCUT2D eigenvalue weighted by molar-refractivity contribution is -0.127. The molecule has 1 saturated carbocycles. The van der Waals surface area contributed by atoms with Crippen LogP contribution in [0, 0.1) is 5.41 Å². The van der Waals surface area contributed by atoms with E-state index in [0.717, 1.165) is 37.9 Å². The first-order valence-electron chi connectivity index (χ1n) is 7.41. The third-order valence-corrected chi connectivity index (χ3v) is 4.37. The largest absolute Gasteiger partial charge is 0.494 e. The normalized spacial score (nSPS) is 16.4. The second-order valence-corrected chi connectivity index (χ2v) is 5.86. The van der Waals surface area contributed by atoms with Gasteiger partial charge >= 0.3 is 0 Å². The van der Waals surface area contributed by atoms with Crippen LogP contribution in [0.25, 0.3) is 0 Å². The summed E-state index contributed by atoms with van der Waals surface area (Å²) in [5.74, 6) is 0.825. The predicted octanol–water partition coefficient (Wildman–Crippen LogP) is 2.42. The van der Waals surface area contributed by atoms with Gasteiger partial charge in [-0.3, -0.25) is 4.79 Å². The number of ether oxygens (including phenoxy) is 1. The summed E-state index contributed by atoms with van der Waals surface area (Å²) >= 11 is 5.10. The molecule has 2 rings (SSSR count). The SMILES string of the molecule is NC(=S)C1(C(=O)NCCCOc2ccccc2)CCCC1. The minimum Gasteiger partial charge on any atom is -0.494 e. The average Bonchev–Trinajstić information content (AvgIpc) is 2.99. The van der Waals surface area contributed by atoms with E-state index in [-0.39, 0.29) is 5.91 Å². The number of benzene rings is 1. The van der Waals surface area contributed by atoms with E-state index in [9.17, 15) is 4.79 Å². The quantitative estimate of drug-likeness (QED) is 0.600. The van der Waals surface area contributed by atoms with Crippen molar-refractivity contribution in [1.82, 2.24) is 5.32 Å². The van der Waals surface area contributed by atoms with Gasteiger partial charge in [-0.1, -0.05) is 43.3 Å². The van der Waals surface area contributed by atoms with E-state index < -0.39 is 5.41 Å². The summed E-state index contributed by atoms with van der Waals surface area (Å²) in [5.41, 5.74) is 5.17. The molecular weight excluding hydrogens is 284 g/mol. The van der Waals surface area contributed by atoms with Crippen molar-refractivity contribution < 1.29 is 9.53 Å². The van der Waals surface area contributed by atoms with Crippen molar-refractivity contribution in [3.05, 3.63) is 30.3 Å². The summed E-state index contributed by atoms with van der Waals surface area (Å²) in [5, 5.41) is 2.95. The Morgan fingerprint density at radius 3 is 2.57 bits per heavy atom. The third kappa shape index (κ3) is 3.94. The van der Waals surface area contributed by atoms with Crippen molar-refractivity contribution in [3.8, 4) is 5.75 Å². The Morgan fingerprint density at radius 2 is 1.95 bits per heavy atom. The van der Waals surface area contributed by atoms with Gasteiger partial charge in [-0.25, -0.2) is 0 Å². The molecule has 1 aliphatic rings. The van der Waals surface area contributed by atoms with Crippen LogP contribution in [0.4, 0.5) is 0 Å². The van der Waals surface area contributed by atoms with Crippen LogP contribution >= 0.6 is 12.2 Å². The lowest BCUT2D eigenvalue weighted by atomic mass is 9.85. The standard InChI is InChI=1S/C16H22N2O2S/c17-14(21)16(9-4-5-10-16)15(19)18-11-6-12-20-13-7-2-1-3-8-13/h1-3,7-8H,4-6,9-12H2,(H2,17,21)(H,18,19). The molecule has 21 heavy (non-hydrogen) atoms. The first-order chi connectivity index (χ1) is 10.1. The monoisotopic (exact) mass is 306 g/mol. The van der Waals surface area contributed by atoms with Gasteiger partial charge < -0.3 is 15.8 Å². The maximum Gasteiger partial charge on any atom is 0.233 e. The van der Waals surface area contributed by atoms with Crippen LogP contribution in [0.1, 0.15) is 32.1 Å². The molecule has 114 valence electrons. The van der Waals surface area contributed by atoms with Gasteiger partial charge in [0, 0.05) is 6.54 Å². The van der Waals surface area contributed by atoms with Crippen LogP contribution in [0.3, 0.4) is 0 Å². The van der Waals surface area contributed by atoms with Crippen molar-refractivity contribution in [3.63, 3.8) is 0 Å². The number of hydrogen-bond acceptors (Lipinski definition) is 3. The highest BCUT2D eigenvalue weighted by Gasteiger charge is 2.43. The molecule has 0 atom stereocenters. The van der Waals surface area contributed by atoms with Gasteiger partial charge in [-0.15, -0.1) is 0 Å². The molecule has 0 aromatic heterocycles. The molecule has 0 radical (unpaired) electrons. The van der Waals surface area contributed by atoms with E-state index in [2.05, 4.69) is 5.32 Å². The van der Waals surface area contributed by atoms with E-state index in [1.807, 2.05) is 30.3 Å². The van der Waals surface area contributed by atoms with Gasteiger partial charge in [0.1, 0.15) is 5.75 Å². The molecule has 4 nitrogen and oxygen atoms in total. The van der Waals surface area contributed by atoms with E-state index in [1.54, 1.807) is 0 Å². The average molecular weight is 306 g/mol. The van der Waals surface area contributed by atoms with Crippen LogP contribution in [-0.2, 0) is 4.79 Å². The van der Waals surface area contributed by atoms with Crippen LogP contribution < -0.4 is 15.8 Å². The Balaban J connectivity index is 1.71. The van der Waals surface area contributed by atoms with Gasteiger partial charge in [0.25, 0.3) is 0 Å². The lowest BCUT2D eigenvalue weighted by Gasteiger charge is -2.26. The van der Waals surface area contributed by atoms with Crippen LogP contribution in [0.5, 0.6) is 5.75 Å². The molecule has 0 saturated heterocycles. The van der Waals surface area contributed by atoms with Gasteiger partial charge in [0.05, 0.1) is 17.0 Å². The highest BCUT2D eigenvalue weighted by atomic mass is 32.1. The zero-order valence-electron chi connectivity index (χ0n) is 12.1. The number of thiocarbonyl (C=S) groups is 1. The van der Waals surface area contributed by atoms with Crippen LogP contribution in [0.2, 0.25) is 0 Å². The van der Waals surface area contributed by atoms with Gasteiger partial charge in [-0.05, 0) is 31.4 Å². The van der Waals surface area contributed by atoms with Crippen molar-refractivity contribution in [2.75, 3.05) is 13.2 Å². The highest BCUT2D eigenvalue weighted by Crippen LogP contribution is 2.38. The summed E-state index contributed by atoms with van der Waals surface area (Å²) in [6.45, 7) is 1.15. The summed E-state index contributed by atoms with van der Waals surface area (Å²) in [4.78, 5) is 12.7. The van der Waals surface area contributed by atoms with E-state index in [0.29, 0.717) is 18.1 Å². The number of nitrogens with two attached hydrogens (primary N) is 1. The Hall–Kier alpha value is -1.62. The number of carbonyl (C=O) groups excluding carboxylic acids is 1. The number of para-hydroxylation sites is 1. The zero-order chi connectivity index (χ0) is 15.1. The molecule has 5 heteroatoms. The van der Waals surface area contributed by atoms with Crippen LogP contribution in [-0.4, -0.2) is 24.0 Å². The second-order valence-electron chi connectivity index (χ2n) is 5.42. The molecule has 1 amide bonds. The molecule has 0 aliphatic heterocycles. The summed E-state index contributed by atoms with van der Waals surface area (Å²) in [7, 11) is 0. The molecule has 1 aliphatic carbocycles. The summed E-state index contributed by atoms with van der Waals surface area (Å²) in [6.07, 6.45) is 4.33. The molecule has 1 aromatic carbocycles. The van der Waals surface area contributed by atoms with Gasteiger partial charge in [0.2, 0.25) is 5.91 Å². The maximum absolute atomic E-state index is 12.3. The third-order valence-electron chi connectivity index (χ3n) is 3.98. The van der Waals surface area contributed by atoms with Crippen molar-refractivity contribution in [1.29, 1.82) is 0 Å². The second kappa shape index (κ2) is 7.41. The van der Waals surface area contributed by atoms with E-state index in [4.69, 9.17) is 22.7 Å². The number of rotatable bonds is 7. The fourth-order valence-corrected chi connectivity index (χ4v) is 3.01. The zero-order valence-corrected chi connectivity index (χ0v) is 13.0. The fraction of sp³-hybridized carbons (Fsp3) is 0.500. The van der Waals surface area contributed by atoms with E-state index in [1.165, 1.54) is 0 Å². The molecule has 1 fully saturated rings. The van der Waals surface area contributed by atoms with E-state index >= 15 is 0 Å². The Kier molecular flexibility index (Phi) is 5.56. The molecule has 3 N–H and O–H groups in total. The topological polar surface area (TPSA) is 64.4 Å². The Labute approximate surface area is 131 Å². The molecule has 0 heterocycles. The van der Waals surface area contributed by atoms with Crippen LogP contribution in [0.15, 0.2) is 30.3 Å². The maximum atomic E-state index is 12.3. The molecule has 1 aromatic rings. The smallest absolute Gasteiger partial charge is 0.233 e. The van der Waals surface area contributed by atoms with Crippen molar-refractivity contribution in [2.24, 2.45) is 11.1 Å². The number of carbonyl (C=O) groups is 1. The Bertz CT molecular complexity index is 484. The molecular formula is C16H22N2O2S. The fourth-order valence-electron chi connectivity index (χ4n) is 2.71. The molecule has 0 spiro atoms. The minimum atomic E-state index is -0.615. The summed E-state index contributed by atoms with van der Waals surface area (Å²) < 4.78 is 5.58. The molecule has 0 unspecified atom stereocenters. The number of amides is 1.